The minimum absolute atomic E-state index is 0.262. The second-order valence-corrected chi connectivity index (χ2v) is 4.03. The highest BCUT2D eigenvalue weighted by Gasteiger charge is 2.36. The Bertz CT molecular complexity index is 314. The van der Waals surface area contributed by atoms with Gasteiger partial charge in [0, 0.05) is 12.5 Å². The maximum Gasteiger partial charge on any atom is 0.326 e. The number of rotatable bonds is 4. The van der Waals surface area contributed by atoms with Crippen LogP contribution in [-0.2, 0) is 14.4 Å². The number of carbonyl (C=O) groups excluding carboxylic acids is 1. The van der Waals surface area contributed by atoms with E-state index in [2.05, 4.69) is 0 Å². The molecule has 90 valence electrons. The molecule has 1 amide bonds. The van der Waals surface area contributed by atoms with Gasteiger partial charge in [0.25, 0.3) is 0 Å². The van der Waals surface area contributed by atoms with E-state index in [0.717, 1.165) is 0 Å². The lowest BCUT2D eigenvalue weighted by Gasteiger charge is -2.24. The largest absolute Gasteiger partial charge is 0.481 e. The first-order valence-corrected chi connectivity index (χ1v) is 5.18. The van der Waals surface area contributed by atoms with Crippen molar-refractivity contribution in [2.24, 2.45) is 5.92 Å². The predicted octanol–water partition coefficient (Wildman–Crippen LogP) is 0.173. The third kappa shape index (κ3) is 2.71. The fourth-order valence-electron chi connectivity index (χ4n) is 1.92. The lowest BCUT2D eigenvalue weighted by Crippen LogP contribution is -2.43. The fourth-order valence-corrected chi connectivity index (χ4v) is 1.92. The molecule has 0 aromatic rings. The molecule has 6 nitrogen and oxygen atoms in total. The van der Waals surface area contributed by atoms with Gasteiger partial charge in [0.1, 0.15) is 6.04 Å². The van der Waals surface area contributed by atoms with Gasteiger partial charge in [0.05, 0.1) is 6.42 Å². The van der Waals surface area contributed by atoms with Crippen LogP contribution in [0.15, 0.2) is 0 Å². The Labute approximate surface area is 92.9 Å². The van der Waals surface area contributed by atoms with E-state index >= 15 is 0 Å². The van der Waals surface area contributed by atoms with Crippen molar-refractivity contribution in [3.05, 3.63) is 0 Å². The minimum atomic E-state index is -1.05. The van der Waals surface area contributed by atoms with E-state index in [1.807, 2.05) is 0 Å². The average molecular weight is 229 g/mol. The predicted molar refractivity (Wildman–Crippen MR) is 53.8 cm³/mol. The molecule has 0 bridgehead atoms. The molecule has 0 radical (unpaired) electrons. The zero-order valence-corrected chi connectivity index (χ0v) is 9.05. The lowest BCUT2D eigenvalue weighted by atomic mass is 10.1. The van der Waals surface area contributed by atoms with Gasteiger partial charge in [-0.25, -0.2) is 4.79 Å². The van der Waals surface area contributed by atoms with Gasteiger partial charge in [-0.2, -0.15) is 0 Å². The van der Waals surface area contributed by atoms with Crippen LogP contribution in [0.25, 0.3) is 0 Å². The van der Waals surface area contributed by atoms with Gasteiger partial charge in [0.15, 0.2) is 0 Å². The smallest absolute Gasteiger partial charge is 0.326 e. The van der Waals surface area contributed by atoms with E-state index in [4.69, 9.17) is 10.2 Å². The number of nitrogens with zero attached hydrogens (tertiary/aromatic N) is 1. The van der Waals surface area contributed by atoms with Gasteiger partial charge < -0.3 is 15.1 Å². The van der Waals surface area contributed by atoms with Gasteiger partial charge in [-0.1, -0.05) is 6.92 Å². The first kappa shape index (κ1) is 12.5. The SMILES string of the molecule is C[C@H](CC(=O)O)C(=O)N1CCC[C@H]1C(=O)O. The number of carboxylic acid groups (broad SMARTS) is 2. The molecule has 0 aromatic heterocycles. The summed E-state index contributed by atoms with van der Waals surface area (Å²) in [5.41, 5.74) is 0. The molecule has 0 aliphatic carbocycles. The Balaban J connectivity index is 2.65. The number of hydrogen-bond donors (Lipinski definition) is 2. The molecule has 6 heteroatoms. The van der Waals surface area contributed by atoms with E-state index < -0.39 is 23.9 Å². The van der Waals surface area contributed by atoms with E-state index in [0.29, 0.717) is 19.4 Å². The van der Waals surface area contributed by atoms with E-state index in [1.54, 1.807) is 0 Å². The zero-order valence-electron chi connectivity index (χ0n) is 9.05. The van der Waals surface area contributed by atoms with Crippen LogP contribution in [0.1, 0.15) is 26.2 Å². The molecule has 0 saturated carbocycles. The highest BCUT2D eigenvalue weighted by molar-refractivity contribution is 5.87. The topological polar surface area (TPSA) is 94.9 Å². The first-order valence-electron chi connectivity index (χ1n) is 5.18. The molecule has 0 unspecified atom stereocenters. The lowest BCUT2D eigenvalue weighted by molar-refractivity contribution is -0.151. The molecular weight excluding hydrogens is 214 g/mol. The van der Waals surface area contributed by atoms with Crippen molar-refractivity contribution in [1.29, 1.82) is 0 Å². The Morgan fingerprint density at radius 3 is 2.50 bits per heavy atom. The molecule has 16 heavy (non-hydrogen) atoms. The highest BCUT2D eigenvalue weighted by Crippen LogP contribution is 2.20. The average Bonchev–Trinajstić information content (AvgIpc) is 2.63. The maximum atomic E-state index is 11.8. The van der Waals surface area contributed by atoms with Gasteiger partial charge in [-0.15, -0.1) is 0 Å². The molecule has 1 fully saturated rings. The highest BCUT2D eigenvalue weighted by atomic mass is 16.4. The molecule has 1 aliphatic rings. The van der Waals surface area contributed by atoms with Gasteiger partial charge >= 0.3 is 11.9 Å². The number of carboxylic acids is 2. The molecule has 1 aliphatic heterocycles. The van der Waals surface area contributed by atoms with Crippen LogP contribution in [0.5, 0.6) is 0 Å². The number of carbonyl (C=O) groups is 3. The fraction of sp³-hybridized carbons (Fsp3) is 0.700. The molecule has 1 heterocycles. The van der Waals surface area contributed by atoms with Crippen molar-refractivity contribution in [3.63, 3.8) is 0 Å². The first-order chi connectivity index (χ1) is 7.43. The van der Waals surface area contributed by atoms with Crippen molar-refractivity contribution in [2.75, 3.05) is 6.54 Å². The summed E-state index contributed by atoms with van der Waals surface area (Å²) < 4.78 is 0. The van der Waals surface area contributed by atoms with Crippen molar-refractivity contribution >= 4 is 17.8 Å². The number of aliphatic carboxylic acids is 2. The normalized spacial score (nSPS) is 21.8. The maximum absolute atomic E-state index is 11.8. The van der Waals surface area contributed by atoms with Crippen LogP contribution >= 0.6 is 0 Å². The Morgan fingerprint density at radius 2 is 2.00 bits per heavy atom. The summed E-state index contributed by atoms with van der Waals surface area (Å²) in [6, 6.07) is -0.788. The number of hydrogen-bond acceptors (Lipinski definition) is 3. The minimum Gasteiger partial charge on any atom is -0.481 e. The van der Waals surface area contributed by atoms with E-state index in [9.17, 15) is 14.4 Å². The quantitative estimate of drug-likeness (QED) is 0.716. The Kier molecular flexibility index (Phi) is 3.87. The summed E-state index contributed by atoms with van der Waals surface area (Å²) >= 11 is 0. The third-order valence-electron chi connectivity index (χ3n) is 2.72. The summed E-state index contributed by atoms with van der Waals surface area (Å²) in [5, 5.41) is 17.4. The van der Waals surface area contributed by atoms with Crippen LogP contribution in [0, 0.1) is 5.92 Å². The molecule has 1 saturated heterocycles. The molecule has 0 spiro atoms. The Hall–Kier alpha value is -1.59. The van der Waals surface area contributed by atoms with Crippen molar-refractivity contribution in [1.82, 2.24) is 4.90 Å². The van der Waals surface area contributed by atoms with E-state index in [-0.39, 0.29) is 12.3 Å². The number of amides is 1. The van der Waals surface area contributed by atoms with Crippen molar-refractivity contribution in [2.45, 2.75) is 32.2 Å². The molecular formula is C10H15NO5. The van der Waals surface area contributed by atoms with Crippen LogP contribution in [0.3, 0.4) is 0 Å². The van der Waals surface area contributed by atoms with Crippen LogP contribution in [0.4, 0.5) is 0 Å². The summed E-state index contributed by atoms with van der Waals surface area (Å²) in [6.45, 7) is 1.91. The van der Waals surface area contributed by atoms with Gasteiger partial charge in [0.2, 0.25) is 5.91 Å². The second kappa shape index (κ2) is 4.96. The van der Waals surface area contributed by atoms with Crippen molar-refractivity contribution < 1.29 is 24.6 Å². The molecule has 2 atom stereocenters. The second-order valence-electron chi connectivity index (χ2n) is 4.03. The van der Waals surface area contributed by atoms with Gasteiger partial charge in [-0.05, 0) is 12.8 Å². The summed E-state index contributed by atoms with van der Waals surface area (Å²) in [4.78, 5) is 34.4. The Morgan fingerprint density at radius 1 is 1.38 bits per heavy atom. The van der Waals surface area contributed by atoms with Crippen LogP contribution in [-0.4, -0.2) is 45.5 Å². The van der Waals surface area contributed by atoms with Crippen LogP contribution < -0.4 is 0 Å². The standard InChI is InChI=1S/C10H15NO5/c1-6(5-8(12)13)9(14)11-4-2-3-7(11)10(15)16/h6-7H,2-5H2,1H3,(H,12,13)(H,15,16)/t6-,7+/m1/s1. The summed E-state index contributed by atoms with van der Waals surface area (Å²) in [5.74, 6) is -3.12. The summed E-state index contributed by atoms with van der Waals surface area (Å²) in [6.07, 6.45) is 0.838. The molecule has 1 rings (SSSR count). The van der Waals surface area contributed by atoms with Gasteiger partial charge in [-0.3, -0.25) is 9.59 Å². The molecule has 2 N–H and O–H groups in total. The monoisotopic (exact) mass is 229 g/mol. The molecule has 0 aromatic carbocycles. The summed E-state index contributed by atoms with van der Waals surface area (Å²) in [7, 11) is 0. The zero-order chi connectivity index (χ0) is 12.3. The third-order valence-corrected chi connectivity index (χ3v) is 2.72. The number of likely N-dealkylation sites (tertiary alicyclic amines) is 1. The van der Waals surface area contributed by atoms with Crippen LogP contribution in [0.2, 0.25) is 0 Å². The van der Waals surface area contributed by atoms with Crippen molar-refractivity contribution in [3.8, 4) is 0 Å². The van der Waals surface area contributed by atoms with E-state index in [1.165, 1.54) is 11.8 Å².